The summed E-state index contributed by atoms with van der Waals surface area (Å²) in [4.78, 5) is 16.9. The molecule has 1 unspecified atom stereocenters. The Morgan fingerprint density at radius 1 is 0.952 bits per heavy atom. The van der Waals surface area contributed by atoms with E-state index >= 15 is 0 Å². The zero-order valence-corrected chi connectivity index (χ0v) is 11.8. The molecule has 1 aliphatic carbocycles. The highest BCUT2D eigenvalue weighted by Gasteiger charge is 2.29. The number of nitrogens with zero attached hydrogens (tertiary/aromatic N) is 1. The lowest BCUT2D eigenvalue weighted by atomic mass is 9.99. The third-order valence-corrected chi connectivity index (χ3v) is 4.27. The van der Waals surface area contributed by atoms with Crippen LogP contribution in [-0.2, 0) is 6.42 Å². The smallest absolute Gasteiger partial charge is 0.166 e. The summed E-state index contributed by atoms with van der Waals surface area (Å²) in [6.45, 7) is 2.00. The van der Waals surface area contributed by atoms with Crippen LogP contribution in [0.1, 0.15) is 22.8 Å². The van der Waals surface area contributed by atoms with Gasteiger partial charge in [0.25, 0.3) is 0 Å². The number of benzene rings is 2. The molecule has 0 N–H and O–H groups in total. The number of pyridine rings is 1. The Hall–Kier alpha value is -2.48. The molecule has 2 heteroatoms. The van der Waals surface area contributed by atoms with E-state index in [0.29, 0.717) is 0 Å². The van der Waals surface area contributed by atoms with Crippen LogP contribution in [0.25, 0.3) is 22.2 Å². The van der Waals surface area contributed by atoms with E-state index in [-0.39, 0.29) is 11.7 Å². The Morgan fingerprint density at radius 2 is 1.76 bits per heavy atom. The van der Waals surface area contributed by atoms with Gasteiger partial charge in [0.15, 0.2) is 5.78 Å². The van der Waals surface area contributed by atoms with Crippen molar-refractivity contribution in [3.05, 3.63) is 65.7 Å². The topological polar surface area (TPSA) is 30.0 Å². The van der Waals surface area contributed by atoms with E-state index in [1.807, 2.05) is 43.3 Å². The second kappa shape index (κ2) is 4.52. The van der Waals surface area contributed by atoms with Gasteiger partial charge in [-0.25, -0.2) is 4.98 Å². The van der Waals surface area contributed by atoms with E-state index < -0.39 is 0 Å². The molecular weight excluding hydrogens is 258 g/mol. The van der Waals surface area contributed by atoms with Crippen LogP contribution < -0.4 is 0 Å². The van der Waals surface area contributed by atoms with Crippen molar-refractivity contribution in [3.63, 3.8) is 0 Å². The number of hydrogen-bond acceptors (Lipinski definition) is 2. The van der Waals surface area contributed by atoms with Crippen molar-refractivity contribution in [1.82, 2.24) is 4.98 Å². The molecule has 102 valence electrons. The van der Waals surface area contributed by atoms with E-state index in [1.54, 1.807) is 0 Å². The first-order valence-electron chi connectivity index (χ1n) is 7.26. The first kappa shape index (κ1) is 12.3. The molecule has 1 aromatic heterocycles. The highest BCUT2D eigenvalue weighted by molar-refractivity contribution is 6.03. The lowest BCUT2D eigenvalue weighted by Crippen LogP contribution is -2.02. The van der Waals surface area contributed by atoms with Gasteiger partial charge in [-0.1, -0.05) is 49.4 Å². The zero-order valence-electron chi connectivity index (χ0n) is 11.8. The molecule has 0 saturated heterocycles. The van der Waals surface area contributed by atoms with Gasteiger partial charge in [-0.15, -0.1) is 0 Å². The molecule has 2 nitrogen and oxygen atoms in total. The first-order chi connectivity index (χ1) is 10.2. The summed E-state index contributed by atoms with van der Waals surface area (Å²) in [7, 11) is 0. The van der Waals surface area contributed by atoms with Crippen molar-refractivity contribution in [2.24, 2.45) is 5.92 Å². The SMILES string of the molecule is CC1Cc2c(cccc2-c2ccc3ccccc3n2)C1=O. The quantitative estimate of drug-likeness (QED) is 0.662. The molecule has 0 amide bonds. The van der Waals surface area contributed by atoms with Gasteiger partial charge in [0.05, 0.1) is 11.2 Å². The maximum Gasteiger partial charge on any atom is 0.166 e. The normalized spacial score (nSPS) is 17.2. The van der Waals surface area contributed by atoms with Crippen molar-refractivity contribution in [3.8, 4) is 11.3 Å². The minimum atomic E-state index is 0.0848. The van der Waals surface area contributed by atoms with Gasteiger partial charge in [0.1, 0.15) is 0 Å². The molecule has 1 atom stereocenters. The Kier molecular flexibility index (Phi) is 2.64. The maximum atomic E-state index is 12.2. The van der Waals surface area contributed by atoms with Gasteiger partial charge in [-0.05, 0) is 24.1 Å². The fourth-order valence-electron chi connectivity index (χ4n) is 3.16. The standard InChI is InChI=1S/C19H15NO/c1-12-11-16-14(6-4-7-15(16)19(12)21)18-10-9-13-5-2-3-8-17(13)20-18/h2-10,12H,11H2,1H3. The highest BCUT2D eigenvalue weighted by Crippen LogP contribution is 2.34. The maximum absolute atomic E-state index is 12.2. The van der Waals surface area contributed by atoms with Gasteiger partial charge < -0.3 is 0 Å². The van der Waals surface area contributed by atoms with Crippen LogP contribution in [-0.4, -0.2) is 10.8 Å². The van der Waals surface area contributed by atoms with Gasteiger partial charge in [-0.2, -0.15) is 0 Å². The zero-order chi connectivity index (χ0) is 14.4. The predicted octanol–water partition coefficient (Wildman–Crippen LogP) is 4.28. The molecule has 0 saturated carbocycles. The van der Waals surface area contributed by atoms with Crippen LogP contribution in [0.15, 0.2) is 54.6 Å². The van der Waals surface area contributed by atoms with Crippen molar-refractivity contribution in [2.75, 3.05) is 0 Å². The fraction of sp³-hybridized carbons (Fsp3) is 0.158. The monoisotopic (exact) mass is 273 g/mol. The van der Waals surface area contributed by atoms with Crippen LogP contribution in [0.3, 0.4) is 0 Å². The van der Waals surface area contributed by atoms with Crippen molar-refractivity contribution >= 4 is 16.7 Å². The van der Waals surface area contributed by atoms with E-state index in [4.69, 9.17) is 4.98 Å². The number of fused-ring (bicyclic) bond motifs is 2. The molecule has 2 aromatic carbocycles. The summed E-state index contributed by atoms with van der Waals surface area (Å²) < 4.78 is 0. The second-order valence-electron chi connectivity index (χ2n) is 5.69. The molecule has 4 rings (SSSR count). The number of para-hydroxylation sites is 1. The molecule has 0 radical (unpaired) electrons. The van der Waals surface area contributed by atoms with Gasteiger partial charge in [-0.3, -0.25) is 4.79 Å². The minimum Gasteiger partial charge on any atom is -0.294 e. The summed E-state index contributed by atoms with van der Waals surface area (Å²) >= 11 is 0. The van der Waals surface area contributed by atoms with Crippen LogP contribution in [0, 0.1) is 5.92 Å². The molecule has 21 heavy (non-hydrogen) atoms. The number of carbonyl (C=O) groups is 1. The molecule has 3 aromatic rings. The van der Waals surface area contributed by atoms with Crippen molar-refractivity contribution in [1.29, 1.82) is 0 Å². The number of aromatic nitrogens is 1. The molecule has 1 heterocycles. The average molecular weight is 273 g/mol. The number of ketones is 1. The fourth-order valence-corrected chi connectivity index (χ4v) is 3.16. The summed E-state index contributed by atoms with van der Waals surface area (Å²) in [5, 5.41) is 1.14. The largest absolute Gasteiger partial charge is 0.294 e. The minimum absolute atomic E-state index is 0.0848. The van der Waals surface area contributed by atoms with Crippen LogP contribution in [0.2, 0.25) is 0 Å². The summed E-state index contributed by atoms with van der Waals surface area (Å²) in [5.74, 6) is 0.342. The lowest BCUT2D eigenvalue weighted by Gasteiger charge is -2.08. The van der Waals surface area contributed by atoms with Crippen molar-refractivity contribution in [2.45, 2.75) is 13.3 Å². The van der Waals surface area contributed by atoms with Gasteiger partial charge in [0.2, 0.25) is 0 Å². The molecule has 0 aliphatic heterocycles. The number of Topliss-reactive ketones (excluding diaryl/α,β-unsaturated/α-hetero) is 1. The Balaban J connectivity index is 1.92. The number of hydrogen-bond donors (Lipinski definition) is 0. The average Bonchev–Trinajstić information content (AvgIpc) is 2.82. The van der Waals surface area contributed by atoms with Gasteiger partial charge >= 0.3 is 0 Å². The summed E-state index contributed by atoms with van der Waals surface area (Å²) in [5.41, 5.74) is 5.06. The van der Waals surface area contributed by atoms with Crippen LogP contribution in [0.4, 0.5) is 0 Å². The van der Waals surface area contributed by atoms with Gasteiger partial charge in [0, 0.05) is 22.4 Å². The molecule has 0 bridgehead atoms. The third-order valence-electron chi connectivity index (χ3n) is 4.27. The molecular formula is C19H15NO. The van der Waals surface area contributed by atoms with Crippen LogP contribution in [0.5, 0.6) is 0 Å². The number of rotatable bonds is 1. The number of carbonyl (C=O) groups excluding carboxylic acids is 1. The summed E-state index contributed by atoms with van der Waals surface area (Å²) in [6.07, 6.45) is 0.818. The van der Waals surface area contributed by atoms with Crippen molar-refractivity contribution < 1.29 is 4.79 Å². The molecule has 1 aliphatic rings. The Labute approximate surface area is 123 Å². The third kappa shape index (κ3) is 1.87. The van der Waals surface area contributed by atoms with Crippen LogP contribution >= 0.6 is 0 Å². The predicted molar refractivity (Wildman–Crippen MR) is 84.4 cm³/mol. The Bertz CT molecular complexity index is 866. The van der Waals surface area contributed by atoms with E-state index in [1.165, 1.54) is 0 Å². The molecule has 0 spiro atoms. The second-order valence-corrected chi connectivity index (χ2v) is 5.69. The van der Waals surface area contributed by atoms with E-state index in [0.717, 1.165) is 39.7 Å². The highest BCUT2D eigenvalue weighted by atomic mass is 16.1. The molecule has 0 fully saturated rings. The van der Waals surface area contributed by atoms with E-state index in [9.17, 15) is 4.79 Å². The Morgan fingerprint density at radius 3 is 2.67 bits per heavy atom. The first-order valence-corrected chi connectivity index (χ1v) is 7.26. The summed E-state index contributed by atoms with van der Waals surface area (Å²) in [6, 6.07) is 18.2. The lowest BCUT2D eigenvalue weighted by molar-refractivity contribution is 0.0946. The van der Waals surface area contributed by atoms with E-state index in [2.05, 4.69) is 18.2 Å².